The normalized spacial score (nSPS) is 23.2. The molecule has 19 nitrogen and oxygen atoms in total. The minimum Gasteiger partial charge on any atom is -0.495 e. The molecule has 3 aromatic rings. The molecule has 4 N–H and O–H groups in total. The molecule has 4 fully saturated rings. The second kappa shape index (κ2) is 20.5. The molecule has 0 bridgehead atoms. The number of carbonyl (C=O) groups excluding carboxylic acids is 6. The largest absolute Gasteiger partial charge is 0.495 e. The van der Waals surface area contributed by atoms with Crippen LogP contribution >= 0.6 is 0 Å². The summed E-state index contributed by atoms with van der Waals surface area (Å²) in [6, 6.07) is 6.35. The van der Waals surface area contributed by atoms with Crippen molar-refractivity contribution < 1.29 is 51.4 Å². The van der Waals surface area contributed by atoms with Crippen LogP contribution in [0.15, 0.2) is 36.5 Å². The molecule has 6 amide bonds. The smallest absolute Gasteiger partial charge is 0.342 e. The van der Waals surface area contributed by atoms with Crippen LogP contribution in [0.3, 0.4) is 0 Å². The third kappa shape index (κ3) is 9.98. The highest BCUT2D eigenvalue weighted by Crippen LogP contribution is 2.41. The van der Waals surface area contributed by atoms with E-state index in [0.29, 0.717) is 44.3 Å². The van der Waals surface area contributed by atoms with E-state index in [9.17, 15) is 28.8 Å². The third-order valence-electron chi connectivity index (χ3n) is 14.5. The molecule has 1 aromatic heterocycles. The van der Waals surface area contributed by atoms with Crippen LogP contribution in [-0.4, -0.2) is 163 Å². The summed E-state index contributed by atoms with van der Waals surface area (Å²) < 4.78 is 57.3. The molecule has 9 rings (SSSR count). The zero-order valence-electron chi connectivity index (χ0n) is 39.2. The third-order valence-corrected chi connectivity index (χ3v) is 14.5. The first-order valence-electron chi connectivity index (χ1n) is 24.1. The van der Waals surface area contributed by atoms with Crippen LogP contribution in [0.4, 0.5) is 42.0 Å². The Balaban J connectivity index is 0.703. The van der Waals surface area contributed by atoms with E-state index in [1.54, 1.807) is 18.2 Å². The zero-order valence-corrected chi connectivity index (χ0v) is 39.2. The van der Waals surface area contributed by atoms with E-state index in [0.717, 1.165) is 87.1 Å². The highest BCUT2D eigenvalue weighted by molar-refractivity contribution is 6.25. The van der Waals surface area contributed by atoms with Crippen molar-refractivity contribution in [1.29, 1.82) is 0 Å². The van der Waals surface area contributed by atoms with Gasteiger partial charge in [-0.1, -0.05) is 18.9 Å². The van der Waals surface area contributed by atoms with Gasteiger partial charge in [-0.25, -0.2) is 9.37 Å². The summed E-state index contributed by atoms with van der Waals surface area (Å²) in [7, 11) is 2.65. The number of benzene rings is 2. The van der Waals surface area contributed by atoms with Crippen molar-refractivity contribution in [1.82, 2.24) is 35.3 Å². The number of anilines is 5. The SMILES string of the molecule is COc1cc(C(=O)N[C@H]2CC[C@H](N3CCN(CCOCCNc4cccc5c4C(=O)N(C4CCC(=O)NC4=O)C5=O)CC3)CC2)c(F)cc1Nc1ncc2c(n1)N(C1CCCC1)CC(F)(F)C(=O)N2C. The molecule has 2 saturated heterocycles. The summed E-state index contributed by atoms with van der Waals surface area (Å²) in [6.07, 6.45) is 7.80. The van der Waals surface area contributed by atoms with Crippen LogP contribution < -0.4 is 35.8 Å². The Bertz CT molecular complexity index is 2530. The molecule has 0 radical (unpaired) electrons. The van der Waals surface area contributed by atoms with E-state index in [1.807, 2.05) is 0 Å². The summed E-state index contributed by atoms with van der Waals surface area (Å²) in [5.41, 5.74) is 0.984. The first kappa shape index (κ1) is 48.6. The van der Waals surface area contributed by atoms with Gasteiger partial charge in [0.25, 0.3) is 23.6 Å². The second-order valence-electron chi connectivity index (χ2n) is 18.8. The molecule has 1 unspecified atom stereocenters. The minimum atomic E-state index is -3.63. The molecule has 70 heavy (non-hydrogen) atoms. The molecule has 5 heterocycles. The molecular formula is C48H58F3N11O8. The molecule has 22 heteroatoms. The molecule has 0 spiro atoms. The molecule has 2 aliphatic carbocycles. The fourth-order valence-corrected chi connectivity index (χ4v) is 10.6. The number of halogens is 3. The lowest BCUT2D eigenvalue weighted by atomic mass is 9.89. The summed E-state index contributed by atoms with van der Waals surface area (Å²) in [4.78, 5) is 93.7. The van der Waals surface area contributed by atoms with E-state index in [2.05, 4.69) is 41.0 Å². The number of hydrogen-bond donors (Lipinski definition) is 4. The van der Waals surface area contributed by atoms with Gasteiger partial charge in [-0.3, -0.25) is 48.8 Å². The first-order chi connectivity index (χ1) is 33.7. The summed E-state index contributed by atoms with van der Waals surface area (Å²) in [5.74, 6) is -8.23. The van der Waals surface area contributed by atoms with Crippen LogP contribution in [0.25, 0.3) is 0 Å². The fraction of sp³-hybridized carbons (Fsp3) is 0.542. The van der Waals surface area contributed by atoms with Crippen molar-refractivity contribution in [2.24, 2.45) is 0 Å². The Morgan fingerprint density at radius 2 is 1.67 bits per heavy atom. The molecular weight excluding hydrogens is 916 g/mol. The van der Waals surface area contributed by atoms with Gasteiger partial charge in [0.05, 0.1) is 55.4 Å². The van der Waals surface area contributed by atoms with Crippen molar-refractivity contribution in [2.45, 2.75) is 94.3 Å². The van der Waals surface area contributed by atoms with Crippen LogP contribution in [0, 0.1) is 5.82 Å². The topological polar surface area (TPSA) is 211 Å². The first-order valence-corrected chi connectivity index (χ1v) is 24.1. The van der Waals surface area contributed by atoms with Crippen molar-refractivity contribution in [3.8, 4) is 5.75 Å². The number of imide groups is 2. The van der Waals surface area contributed by atoms with Crippen LogP contribution in [0.1, 0.15) is 95.3 Å². The maximum atomic E-state index is 15.7. The average molecular weight is 974 g/mol. The maximum Gasteiger partial charge on any atom is 0.342 e. The second-order valence-corrected chi connectivity index (χ2v) is 18.8. The van der Waals surface area contributed by atoms with Gasteiger partial charge < -0.3 is 35.2 Å². The number of nitrogens with one attached hydrogen (secondary N) is 4. The lowest BCUT2D eigenvalue weighted by molar-refractivity contribution is -0.140. The van der Waals surface area contributed by atoms with Gasteiger partial charge in [0.15, 0.2) is 5.82 Å². The maximum absolute atomic E-state index is 15.7. The van der Waals surface area contributed by atoms with Crippen molar-refractivity contribution in [3.63, 3.8) is 0 Å². The Morgan fingerprint density at radius 3 is 2.40 bits per heavy atom. The number of piperazine rings is 1. The van der Waals surface area contributed by atoms with Gasteiger partial charge in [-0.15, -0.1) is 0 Å². The van der Waals surface area contributed by atoms with Crippen molar-refractivity contribution >= 4 is 64.3 Å². The number of aromatic nitrogens is 2. The fourth-order valence-electron chi connectivity index (χ4n) is 10.6. The van der Waals surface area contributed by atoms with Crippen LogP contribution in [-0.2, 0) is 19.1 Å². The van der Waals surface area contributed by atoms with Crippen LogP contribution in [0.2, 0.25) is 0 Å². The predicted molar refractivity (Wildman–Crippen MR) is 250 cm³/mol. The van der Waals surface area contributed by atoms with Crippen molar-refractivity contribution in [2.75, 3.05) is 93.6 Å². The lowest BCUT2D eigenvalue weighted by Crippen LogP contribution is -2.54. The number of alkyl halides is 2. The van der Waals surface area contributed by atoms with Gasteiger partial charge in [0.2, 0.25) is 17.8 Å². The lowest BCUT2D eigenvalue weighted by Gasteiger charge is -2.42. The molecule has 1 atom stereocenters. The number of piperidine rings is 1. The van der Waals surface area contributed by atoms with E-state index < -0.39 is 59.8 Å². The Labute approximate surface area is 402 Å². The zero-order chi connectivity index (χ0) is 49.3. The number of amides is 6. The number of ether oxygens (including phenoxy) is 2. The number of hydrogen-bond acceptors (Lipinski definition) is 15. The summed E-state index contributed by atoms with van der Waals surface area (Å²) in [6.45, 7) is 4.79. The van der Waals surface area contributed by atoms with E-state index in [4.69, 9.17) is 9.47 Å². The molecule has 6 aliphatic rings. The van der Waals surface area contributed by atoms with Gasteiger partial charge in [-0.2, -0.15) is 13.8 Å². The number of methoxy groups -OCH3 is 1. The highest BCUT2D eigenvalue weighted by Gasteiger charge is 2.49. The van der Waals surface area contributed by atoms with E-state index in [-0.39, 0.29) is 70.5 Å². The Hall–Kier alpha value is -6.39. The van der Waals surface area contributed by atoms with Crippen molar-refractivity contribution in [3.05, 3.63) is 59.0 Å². The summed E-state index contributed by atoms with van der Waals surface area (Å²) >= 11 is 0. The van der Waals surface area contributed by atoms with E-state index in [1.165, 1.54) is 31.3 Å². The number of fused-ring (bicyclic) bond motifs is 2. The predicted octanol–water partition coefficient (Wildman–Crippen LogP) is 3.92. The summed E-state index contributed by atoms with van der Waals surface area (Å²) in [5, 5.41) is 11.4. The Morgan fingerprint density at radius 1 is 0.914 bits per heavy atom. The van der Waals surface area contributed by atoms with Gasteiger partial charge >= 0.3 is 5.92 Å². The van der Waals surface area contributed by atoms with Gasteiger partial charge in [0, 0.05) is 82.6 Å². The monoisotopic (exact) mass is 973 g/mol. The Kier molecular flexibility index (Phi) is 14.3. The number of nitrogens with zero attached hydrogens (tertiary/aromatic N) is 7. The van der Waals surface area contributed by atoms with E-state index >= 15 is 13.2 Å². The van der Waals surface area contributed by atoms with Gasteiger partial charge in [0.1, 0.15) is 23.3 Å². The standard InChI is InChI=1S/C48H58F3N11O8/c1-58-37-26-53-47(57-41(37)61(30-6-3-4-7-30)27-48(50,51)46(58)68)55-35-25-33(49)32(24-38(35)69-2)42(64)54-28-10-12-29(13-11-28)60-19-17-59(18-20-60)21-23-70-22-16-52-34-9-5-8-31-40(34)45(67)62(44(31)66)36-14-15-39(63)56-43(36)65/h5,8-9,24-26,28-30,36,52H,3-4,6-7,10-23,27H2,1-2H3,(H,54,64)(H,53,55,57)(H,56,63,65)/t28-,29-,36?. The van der Waals surface area contributed by atoms with Crippen LogP contribution in [0.5, 0.6) is 5.75 Å². The molecule has 2 saturated carbocycles. The number of carbonyl (C=O) groups is 6. The highest BCUT2D eigenvalue weighted by atomic mass is 19.3. The quantitative estimate of drug-likeness (QED) is 0.126. The minimum absolute atomic E-state index is 0.0194. The molecule has 4 aliphatic heterocycles. The molecule has 374 valence electrons. The van der Waals surface area contributed by atoms with Gasteiger partial charge in [-0.05, 0) is 63.1 Å². The molecule has 2 aromatic carbocycles. The number of rotatable bonds is 15. The average Bonchev–Trinajstić information content (AvgIpc) is 3.96.